The van der Waals surface area contributed by atoms with Crippen molar-refractivity contribution < 1.29 is 9.53 Å². The molecule has 0 unspecified atom stereocenters. The number of aryl methyl sites for hydroxylation is 1. The molecule has 1 aliphatic heterocycles. The average molecular weight is 290 g/mol. The van der Waals surface area contributed by atoms with Gasteiger partial charge in [-0.25, -0.2) is 0 Å². The van der Waals surface area contributed by atoms with E-state index >= 15 is 0 Å². The zero-order chi connectivity index (χ0) is 14.9. The number of carbonyl (C=O) groups is 1. The lowest BCUT2D eigenvalue weighted by Gasteiger charge is -2.24. The van der Waals surface area contributed by atoms with Crippen molar-refractivity contribution in [3.63, 3.8) is 0 Å². The minimum atomic E-state index is -0.0678. The van der Waals surface area contributed by atoms with Crippen LogP contribution in [0.1, 0.15) is 44.7 Å². The maximum Gasteiger partial charge on any atom is 0.305 e. The monoisotopic (exact) mass is 290 g/mol. The molecule has 2 heterocycles. The molecule has 1 atom stereocenters. The average Bonchev–Trinajstić information content (AvgIpc) is 2.94. The summed E-state index contributed by atoms with van der Waals surface area (Å²) in [5, 5.41) is 0. The number of ether oxygens (including phenoxy) is 1. The van der Waals surface area contributed by atoms with Gasteiger partial charge in [-0.3, -0.25) is 9.78 Å². The summed E-state index contributed by atoms with van der Waals surface area (Å²) in [5.41, 5.74) is 1.18. The van der Waals surface area contributed by atoms with Crippen molar-refractivity contribution in [3.05, 3.63) is 30.1 Å². The van der Waals surface area contributed by atoms with Crippen LogP contribution in [-0.4, -0.2) is 41.6 Å². The molecule has 2 rings (SSSR count). The third-order valence-corrected chi connectivity index (χ3v) is 4.09. The number of nitrogens with zero attached hydrogens (tertiary/aromatic N) is 2. The lowest BCUT2D eigenvalue weighted by Crippen LogP contribution is -2.31. The van der Waals surface area contributed by atoms with Crippen molar-refractivity contribution in [2.45, 2.75) is 51.5 Å². The lowest BCUT2D eigenvalue weighted by molar-refractivity contribution is -0.143. The van der Waals surface area contributed by atoms with Crippen LogP contribution in [0.25, 0.3) is 0 Å². The van der Waals surface area contributed by atoms with E-state index in [2.05, 4.69) is 16.0 Å². The van der Waals surface area contributed by atoms with Gasteiger partial charge in [0.1, 0.15) is 0 Å². The highest BCUT2D eigenvalue weighted by Crippen LogP contribution is 2.21. The fourth-order valence-corrected chi connectivity index (χ4v) is 3.04. The highest BCUT2D eigenvalue weighted by Gasteiger charge is 2.23. The molecule has 0 saturated carbocycles. The fraction of sp³-hybridized carbons (Fsp3) is 0.647. The third-order valence-electron chi connectivity index (χ3n) is 4.09. The van der Waals surface area contributed by atoms with Gasteiger partial charge in [-0.1, -0.05) is 6.07 Å². The first kappa shape index (κ1) is 16.0. The zero-order valence-corrected chi connectivity index (χ0v) is 13.0. The van der Waals surface area contributed by atoms with Gasteiger partial charge in [0, 0.05) is 24.4 Å². The Kier molecular flexibility index (Phi) is 6.67. The van der Waals surface area contributed by atoms with Crippen molar-refractivity contribution in [2.75, 3.05) is 19.7 Å². The van der Waals surface area contributed by atoms with Crippen LogP contribution in [0.15, 0.2) is 24.4 Å². The van der Waals surface area contributed by atoms with Crippen LogP contribution in [0.4, 0.5) is 0 Å². The Labute approximate surface area is 127 Å². The molecule has 0 radical (unpaired) electrons. The summed E-state index contributed by atoms with van der Waals surface area (Å²) in [6.45, 7) is 4.50. The number of esters is 1. The molecular weight excluding hydrogens is 264 g/mol. The zero-order valence-electron chi connectivity index (χ0n) is 13.0. The standard InChI is InChI=1S/C17H26N2O2/c1-2-21-17(20)9-6-14-19-13-5-8-16(19)11-10-15-7-3-4-12-18-15/h3-4,7,12,16H,2,5-6,8-11,13-14H2,1H3/t16-/m0/s1. The second-order valence-corrected chi connectivity index (χ2v) is 5.60. The fourth-order valence-electron chi connectivity index (χ4n) is 3.04. The predicted octanol–water partition coefficient (Wildman–Crippen LogP) is 2.82. The normalized spacial score (nSPS) is 18.8. The van der Waals surface area contributed by atoms with Gasteiger partial charge in [0.15, 0.2) is 0 Å². The van der Waals surface area contributed by atoms with Gasteiger partial charge in [0.2, 0.25) is 0 Å². The molecule has 0 aromatic carbocycles. The molecule has 1 aromatic rings. The molecule has 4 heteroatoms. The van der Waals surface area contributed by atoms with Crippen LogP contribution in [0, 0.1) is 0 Å². The second kappa shape index (κ2) is 8.78. The second-order valence-electron chi connectivity index (χ2n) is 5.60. The summed E-state index contributed by atoms with van der Waals surface area (Å²) in [7, 11) is 0. The van der Waals surface area contributed by atoms with Crippen molar-refractivity contribution >= 4 is 5.97 Å². The van der Waals surface area contributed by atoms with Gasteiger partial charge in [-0.15, -0.1) is 0 Å². The minimum Gasteiger partial charge on any atom is -0.466 e. The summed E-state index contributed by atoms with van der Waals surface area (Å²) >= 11 is 0. The van der Waals surface area contributed by atoms with Crippen molar-refractivity contribution in [2.24, 2.45) is 0 Å². The van der Waals surface area contributed by atoms with E-state index < -0.39 is 0 Å². The molecule has 116 valence electrons. The topological polar surface area (TPSA) is 42.4 Å². The van der Waals surface area contributed by atoms with Gasteiger partial charge in [-0.2, -0.15) is 0 Å². The van der Waals surface area contributed by atoms with Crippen molar-refractivity contribution in [3.8, 4) is 0 Å². The molecule has 0 aliphatic carbocycles. The molecule has 1 fully saturated rings. The molecule has 0 N–H and O–H groups in total. The third kappa shape index (κ3) is 5.46. The van der Waals surface area contributed by atoms with E-state index in [1.54, 1.807) is 0 Å². The quantitative estimate of drug-likeness (QED) is 0.690. The number of likely N-dealkylation sites (tertiary alicyclic amines) is 1. The van der Waals surface area contributed by atoms with Crippen LogP contribution in [0.2, 0.25) is 0 Å². The van der Waals surface area contributed by atoms with E-state index in [9.17, 15) is 4.79 Å². The van der Waals surface area contributed by atoms with Gasteiger partial charge >= 0.3 is 5.97 Å². The van der Waals surface area contributed by atoms with Crippen LogP contribution in [0.5, 0.6) is 0 Å². The molecule has 21 heavy (non-hydrogen) atoms. The summed E-state index contributed by atoms with van der Waals surface area (Å²) in [4.78, 5) is 18.3. The highest BCUT2D eigenvalue weighted by molar-refractivity contribution is 5.69. The van der Waals surface area contributed by atoms with E-state index in [0.29, 0.717) is 19.1 Å². The van der Waals surface area contributed by atoms with Crippen LogP contribution in [0.3, 0.4) is 0 Å². The Morgan fingerprint density at radius 3 is 3.14 bits per heavy atom. The van der Waals surface area contributed by atoms with E-state index in [4.69, 9.17) is 4.74 Å². The summed E-state index contributed by atoms with van der Waals surface area (Å²) in [6.07, 6.45) is 8.05. The van der Waals surface area contributed by atoms with E-state index in [-0.39, 0.29) is 5.97 Å². The summed E-state index contributed by atoms with van der Waals surface area (Å²) in [5.74, 6) is -0.0678. The Bertz CT molecular complexity index is 422. The van der Waals surface area contributed by atoms with Crippen LogP contribution >= 0.6 is 0 Å². The molecule has 1 aromatic heterocycles. The SMILES string of the molecule is CCOC(=O)CCCN1CCC[C@H]1CCc1ccccn1. The first-order valence-corrected chi connectivity index (χ1v) is 8.09. The van der Waals surface area contributed by atoms with E-state index in [0.717, 1.165) is 32.4 Å². The first-order chi connectivity index (χ1) is 10.3. The minimum absolute atomic E-state index is 0.0678. The largest absolute Gasteiger partial charge is 0.466 e. The maximum absolute atomic E-state index is 11.4. The van der Waals surface area contributed by atoms with Crippen LogP contribution < -0.4 is 0 Å². The molecule has 0 spiro atoms. The number of rotatable bonds is 8. The maximum atomic E-state index is 11.4. The molecule has 4 nitrogen and oxygen atoms in total. The first-order valence-electron chi connectivity index (χ1n) is 8.09. The predicted molar refractivity (Wildman–Crippen MR) is 83.0 cm³/mol. The molecular formula is C17H26N2O2. The number of pyridine rings is 1. The van der Waals surface area contributed by atoms with E-state index in [1.165, 1.54) is 18.5 Å². The van der Waals surface area contributed by atoms with Crippen molar-refractivity contribution in [1.29, 1.82) is 0 Å². The lowest BCUT2D eigenvalue weighted by atomic mass is 10.1. The number of aromatic nitrogens is 1. The Hall–Kier alpha value is -1.42. The number of hydrogen-bond donors (Lipinski definition) is 0. The highest BCUT2D eigenvalue weighted by atomic mass is 16.5. The number of hydrogen-bond acceptors (Lipinski definition) is 4. The number of carbonyl (C=O) groups excluding carboxylic acids is 1. The summed E-state index contributed by atoms with van der Waals surface area (Å²) in [6, 6.07) is 6.75. The molecule has 1 saturated heterocycles. The smallest absolute Gasteiger partial charge is 0.305 e. The van der Waals surface area contributed by atoms with Gasteiger partial charge < -0.3 is 9.64 Å². The van der Waals surface area contributed by atoms with Crippen molar-refractivity contribution in [1.82, 2.24) is 9.88 Å². The van der Waals surface area contributed by atoms with Crippen LogP contribution in [-0.2, 0) is 16.0 Å². The van der Waals surface area contributed by atoms with Gasteiger partial charge in [-0.05, 0) is 64.3 Å². The molecule has 1 aliphatic rings. The Morgan fingerprint density at radius 1 is 1.48 bits per heavy atom. The summed E-state index contributed by atoms with van der Waals surface area (Å²) < 4.78 is 4.97. The molecule has 0 amide bonds. The molecule has 0 bridgehead atoms. The van der Waals surface area contributed by atoms with Gasteiger partial charge in [0.25, 0.3) is 0 Å². The Balaban J connectivity index is 1.69. The Morgan fingerprint density at radius 2 is 2.38 bits per heavy atom. The van der Waals surface area contributed by atoms with E-state index in [1.807, 2.05) is 25.3 Å². The van der Waals surface area contributed by atoms with Gasteiger partial charge in [0.05, 0.1) is 6.61 Å².